The lowest BCUT2D eigenvalue weighted by Gasteiger charge is -2.20. The number of carbonyl (C=O) groups excluding carboxylic acids is 1. The molecule has 0 radical (unpaired) electrons. The largest absolute Gasteiger partial charge is 0.496 e. The standard InChI is InChI=1S/C26H31N3O5/c1-16(2)34-23(26(31)32)14-18-11-12-22(33-5)20(13-18)17(3)28-25(30)24-27-15-21(29(24)4)19-9-7-6-8-10-19/h6-13,15-17,23H,14H2,1-5H3,(H,28,30)(H,31,32). The molecule has 3 aromatic rings. The molecule has 2 atom stereocenters. The number of imidazole rings is 1. The van der Waals surface area contributed by atoms with Crippen LogP contribution in [0.1, 0.15) is 48.6 Å². The highest BCUT2D eigenvalue weighted by Crippen LogP contribution is 2.28. The van der Waals surface area contributed by atoms with E-state index >= 15 is 0 Å². The Morgan fingerprint density at radius 3 is 2.44 bits per heavy atom. The molecule has 0 aliphatic rings. The second-order valence-corrected chi connectivity index (χ2v) is 8.38. The Labute approximate surface area is 199 Å². The van der Waals surface area contributed by atoms with Gasteiger partial charge in [0, 0.05) is 19.0 Å². The maximum Gasteiger partial charge on any atom is 0.333 e. The minimum Gasteiger partial charge on any atom is -0.496 e. The summed E-state index contributed by atoms with van der Waals surface area (Å²) in [4.78, 5) is 29.0. The van der Waals surface area contributed by atoms with Crippen molar-refractivity contribution in [3.63, 3.8) is 0 Å². The number of carboxylic acids is 1. The van der Waals surface area contributed by atoms with Crippen molar-refractivity contribution < 1.29 is 24.2 Å². The molecule has 0 bridgehead atoms. The van der Waals surface area contributed by atoms with Crippen molar-refractivity contribution in [2.75, 3.05) is 7.11 Å². The predicted octanol–water partition coefficient (Wildman–Crippen LogP) is 4.01. The van der Waals surface area contributed by atoms with E-state index in [9.17, 15) is 14.7 Å². The van der Waals surface area contributed by atoms with Crippen molar-refractivity contribution in [2.45, 2.75) is 45.4 Å². The van der Waals surface area contributed by atoms with Crippen LogP contribution in [-0.2, 0) is 23.0 Å². The topological polar surface area (TPSA) is 103 Å². The third kappa shape index (κ3) is 5.82. The zero-order valence-electron chi connectivity index (χ0n) is 20.1. The van der Waals surface area contributed by atoms with Crippen molar-refractivity contribution >= 4 is 11.9 Å². The third-order valence-corrected chi connectivity index (χ3v) is 5.50. The number of benzene rings is 2. The molecule has 0 aliphatic carbocycles. The van der Waals surface area contributed by atoms with Gasteiger partial charge in [-0.25, -0.2) is 9.78 Å². The van der Waals surface area contributed by atoms with E-state index in [1.54, 1.807) is 50.9 Å². The van der Waals surface area contributed by atoms with Crippen molar-refractivity contribution in [3.8, 4) is 17.0 Å². The van der Waals surface area contributed by atoms with E-state index in [1.165, 1.54) is 0 Å². The van der Waals surface area contributed by atoms with Gasteiger partial charge < -0.3 is 24.5 Å². The lowest BCUT2D eigenvalue weighted by atomic mass is 10.00. The maximum atomic E-state index is 13.0. The number of methoxy groups -OCH3 is 1. The first-order chi connectivity index (χ1) is 16.2. The van der Waals surface area contributed by atoms with E-state index < -0.39 is 18.1 Å². The number of aliphatic carboxylic acids is 1. The number of nitrogens with one attached hydrogen (secondary N) is 1. The highest BCUT2D eigenvalue weighted by atomic mass is 16.5. The molecule has 1 amide bonds. The number of nitrogens with zero attached hydrogens (tertiary/aromatic N) is 2. The lowest BCUT2D eigenvalue weighted by molar-refractivity contribution is -0.153. The number of amides is 1. The Morgan fingerprint density at radius 2 is 1.82 bits per heavy atom. The van der Waals surface area contributed by atoms with Crippen LogP contribution in [0.4, 0.5) is 0 Å². The molecule has 3 rings (SSSR count). The number of rotatable bonds is 10. The minimum absolute atomic E-state index is 0.199. The van der Waals surface area contributed by atoms with Crippen LogP contribution in [0.3, 0.4) is 0 Å². The van der Waals surface area contributed by atoms with Crippen LogP contribution < -0.4 is 10.1 Å². The van der Waals surface area contributed by atoms with Gasteiger partial charge in [0.15, 0.2) is 11.9 Å². The van der Waals surface area contributed by atoms with Gasteiger partial charge in [-0.15, -0.1) is 0 Å². The van der Waals surface area contributed by atoms with E-state index in [2.05, 4.69) is 10.3 Å². The summed E-state index contributed by atoms with van der Waals surface area (Å²) in [5.41, 5.74) is 3.31. The first-order valence-electron chi connectivity index (χ1n) is 11.1. The monoisotopic (exact) mass is 465 g/mol. The summed E-state index contributed by atoms with van der Waals surface area (Å²) < 4.78 is 12.8. The number of hydrogen-bond donors (Lipinski definition) is 2. The molecule has 2 aromatic carbocycles. The smallest absolute Gasteiger partial charge is 0.333 e. The molecule has 2 unspecified atom stereocenters. The lowest BCUT2D eigenvalue weighted by Crippen LogP contribution is -2.30. The fraction of sp³-hybridized carbons (Fsp3) is 0.346. The molecule has 0 saturated carbocycles. The Morgan fingerprint density at radius 1 is 1.12 bits per heavy atom. The number of hydrogen-bond acceptors (Lipinski definition) is 5. The summed E-state index contributed by atoms with van der Waals surface area (Å²) in [5, 5.41) is 12.5. The second kappa shape index (κ2) is 11.0. The van der Waals surface area contributed by atoms with E-state index in [0.29, 0.717) is 5.75 Å². The van der Waals surface area contributed by atoms with Gasteiger partial charge >= 0.3 is 5.97 Å². The maximum absolute atomic E-state index is 13.0. The Kier molecular flexibility index (Phi) is 8.07. The number of aromatic nitrogens is 2. The molecule has 8 nitrogen and oxygen atoms in total. The first kappa shape index (κ1) is 25.0. The third-order valence-electron chi connectivity index (χ3n) is 5.50. The number of carbonyl (C=O) groups is 2. The van der Waals surface area contributed by atoms with Crippen molar-refractivity contribution in [2.24, 2.45) is 7.05 Å². The molecule has 180 valence electrons. The first-order valence-corrected chi connectivity index (χ1v) is 11.1. The van der Waals surface area contributed by atoms with Gasteiger partial charge in [-0.1, -0.05) is 36.4 Å². The van der Waals surface area contributed by atoms with Gasteiger partial charge in [-0.3, -0.25) is 4.79 Å². The van der Waals surface area contributed by atoms with Gasteiger partial charge in [0.2, 0.25) is 0 Å². The Hall–Kier alpha value is -3.65. The van der Waals surface area contributed by atoms with E-state index in [0.717, 1.165) is 22.4 Å². The van der Waals surface area contributed by atoms with Gasteiger partial charge in [0.1, 0.15) is 5.75 Å². The average molecular weight is 466 g/mol. The van der Waals surface area contributed by atoms with Crippen LogP contribution >= 0.6 is 0 Å². The van der Waals surface area contributed by atoms with E-state index in [-0.39, 0.29) is 24.3 Å². The van der Waals surface area contributed by atoms with Crippen LogP contribution in [0.5, 0.6) is 5.75 Å². The Balaban J connectivity index is 1.80. The van der Waals surface area contributed by atoms with Crippen LogP contribution in [0, 0.1) is 0 Å². The molecular weight excluding hydrogens is 434 g/mol. The van der Waals surface area contributed by atoms with Gasteiger partial charge in [-0.05, 0) is 44.0 Å². The van der Waals surface area contributed by atoms with Crippen LogP contribution in [0.25, 0.3) is 11.3 Å². The number of carboxylic acid groups (broad SMARTS) is 1. The molecule has 0 fully saturated rings. The average Bonchev–Trinajstić information content (AvgIpc) is 3.20. The van der Waals surface area contributed by atoms with E-state index in [4.69, 9.17) is 9.47 Å². The van der Waals surface area contributed by atoms with Crippen LogP contribution in [0.2, 0.25) is 0 Å². The minimum atomic E-state index is -1.02. The molecule has 34 heavy (non-hydrogen) atoms. The highest BCUT2D eigenvalue weighted by Gasteiger charge is 2.23. The summed E-state index contributed by atoms with van der Waals surface area (Å²) in [5.74, 6) is -0.456. The predicted molar refractivity (Wildman–Crippen MR) is 129 cm³/mol. The van der Waals surface area contributed by atoms with E-state index in [1.807, 2.05) is 43.3 Å². The quantitative estimate of drug-likeness (QED) is 0.469. The molecule has 0 aliphatic heterocycles. The molecule has 2 N–H and O–H groups in total. The summed E-state index contributed by atoms with van der Waals surface area (Å²) >= 11 is 0. The fourth-order valence-electron chi connectivity index (χ4n) is 3.82. The number of ether oxygens (including phenoxy) is 2. The molecular formula is C26H31N3O5. The van der Waals surface area contributed by atoms with Gasteiger partial charge in [0.25, 0.3) is 5.91 Å². The van der Waals surface area contributed by atoms with Crippen molar-refractivity contribution in [1.29, 1.82) is 0 Å². The van der Waals surface area contributed by atoms with Gasteiger partial charge in [-0.2, -0.15) is 0 Å². The molecule has 1 aromatic heterocycles. The molecule has 1 heterocycles. The summed E-state index contributed by atoms with van der Waals surface area (Å²) in [7, 11) is 3.36. The fourth-order valence-corrected chi connectivity index (χ4v) is 3.82. The summed E-state index contributed by atoms with van der Waals surface area (Å²) in [6.07, 6.45) is 0.702. The molecule has 8 heteroatoms. The SMILES string of the molecule is COc1ccc(CC(OC(C)C)C(=O)O)cc1C(C)NC(=O)c1ncc(-c2ccccc2)n1C. The summed E-state index contributed by atoms with van der Waals surface area (Å²) in [6, 6.07) is 14.7. The van der Waals surface area contributed by atoms with Crippen molar-refractivity contribution in [3.05, 3.63) is 71.7 Å². The zero-order chi connectivity index (χ0) is 24.8. The molecule has 0 spiro atoms. The van der Waals surface area contributed by atoms with Gasteiger partial charge in [0.05, 0.1) is 31.1 Å². The summed E-state index contributed by atoms with van der Waals surface area (Å²) in [6.45, 7) is 5.45. The van der Waals surface area contributed by atoms with Crippen LogP contribution in [0.15, 0.2) is 54.7 Å². The zero-order valence-corrected chi connectivity index (χ0v) is 20.1. The highest BCUT2D eigenvalue weighted by molar-refractivity contribution is 5.92. The van der Waals surface area contributed by atoms with Crippen molar-refractivity contribution in [1.82, 2.24) is 14.9 Å². The van der Waals surface area contributed by atoms with Crippen LogP contribution in [-0.4, -0.2) is 45.9 Å². The second-order valence-electron chi connectivity index (χ2n) is 8.38. The normalized spacial score (nSPS) is 12.9. The molecule has 0 saturated heterocycles. The Bertz CT molecular complexity index is 1140.